The highest BCUT2D eigenvalue weighted by atomic mass is 16.3. The summed E-state index contributed by atoms with van der Waals surface area (Å²) in [5.74, 6) is 0.169. The molecule has 1 aliphatic heterocycles. The first kappa shape index (κ1) is 15.0. The van der Waals surface area contributed by atoms with Crippen LogP contribution in [0.15, 0.2) is 24.3 Å². The standard InChI is InChI=1S/C16H24N2O2/c1-3-17(2)16(20)9-11-18-10-8-13-6-4-5-7-14(13)15(18)12-19/h4-7,15,19H,3,8-12H2,1-2H3. The van der Waals surface area contributed by atoms with E-state index in [-0.39, 0.29) is 18.6 Å². The fraction of sp³-hybridized carbons (Fsp3) is 0.562. The molecule has 1 heterocycles. The molecule has 4 nitrogen and oxygen atoms in total. The van der Waals surface area contributed by atoms with Gasteiger partial charge in [-0.15, -0.1) is 0 Å². The molecule has 1 aliphatic rings. The van der Waals surface area contributed by atoms with Gasteiger partial charge in [0, 0.05) is 33.1 Å². The molecule has 0 aliphatic carbocycles. The maximum atomic E-state index is 11.9. The summed E-state index contributed by atoms with van der Waals surface area (Å²) >= 11 is 0. The molecule has 0 fully saturated rings. The fourth-order valence-corrected chi connectivity index (χ4v) is 2.79. The Balaban J connectivity index is 2.01. The van der Waals surface area contributed by atoms with E-state index in [9.17, 15) is 9.90 Å². The van der Waals surface area contributed by atoms with Gasteiger partial charge in [-0.3, -0.25) is 9.69 Å². The Morgan fingerprint density at radius 2 is 2.20 bits per heavy atom. The lowest BCUT2D eigenvalue weighted by Gasteiger charge is -2.36. The first-order valence-electron chi connectivity index (χ1n) is 7.34. The van der Waals surface area contributed by atoms with Gasteiger partial charge in [-0.25, -0.2) is 0 Å². The normalized spacial score (nSPS) is 18.6. The van der Waals surface area contributed by atoms with Crippen LogP contribution in [0.1, 0.15) is 30.5 Å². The van der Waals surface area contributed by atoms with E-state index in [0.717, 1.165) is 19.5 Å². The van der Waals surface area contributed by atoms with Gasteiger partial charge in [0.1, 0.15) is 0 Å². The highest BCUT2D eigenvalue weighted by Gasteiger charge is 2.26. The minimum Gasteiger partial charge on any atom is -0.394 e. The average Bonchev–Trinajstić information content (AvgIpc) is 2.50. The van der Waals surface area contributed by atoms with E-state index >= 15 is 0 Å². The van der Waals surface area contributed by atoms with Crippen molar-refractivity contribution < 1.29 is 9.90 Å². The molecule has 1 N–H and O–H groups in total. The van der Waals surface area contributed by atoms with E-state index in [4.69, 9.17) is 0 Å². The lowest BCUT2D eigenvalue weighted by atomic mass is 9.93. The molecular weight excluding hydrogens is 252 g/mol. The summed E-state index contributed by atoms with van der Waals surface area (Å²) in [7, 11) is 1.83. The second kappa shape index (κ2) is 6.86. The molecule has 1 aromatic rings. The highest BCUT2D eigenvalue weighted by molar-refractivity contribution is 5.76. The van der Waals surface area contributed by atoms with E-state index in [1.165, 1.54) is 11.1 Å². The largest absolute Gasteiger partial charge is 0.394 e. The number of carbonyl (C=O) groups excluding carboxylic acids is 1. The van der Waals surface area contributed by atoms with Gasteiger partial charge in [0.15, 0.2) is 0 Å². The smallest absolute Gasteiger partial charge is 0.223 e. The van der Waals surface area contributed by atoms with Crippen molar-refractivity contribution in [1.29, 1.82) is 0 Å². The summed E-state index contributed by atoms with van der Waals surface area (Å²) in [6.45, 7) is 4.44. The molecular formula is C16H24N2O2. The molecule has 0 saturated heterocycles. The average molecular weight is 276 g/mol. The number of nitrogens with zero attached hydrogens (tertiary/aromatic N) is 2. The Labute approximate surface area is 121 Å². The quantitative estimate of drug-likeness (QED) is 0.885. The van der Waals surface area contributed by atoms with Crippen molar-refractivity contribution in [1.82, 2.24) is 9.80 Å². The molecule has 1 unspecified atom stereocenters. The van der Waals surface area contributed by atoms with Crippen LogP contribution in [0.2, 0.25) is 0 Å². The molecule has 20 heavy (non-hydrogen) atoms. The van der Waals surface area contributed by atoms with E-state index in [1.807, 2.05) is 26.1 Å². The molecule has 1 aromatic carbocycles. The van der Waals surface area contributed by atoms with E-state index < -0.39 is 0 Å². The van der Waals surface area contributed by atoms with Crippen LogP contribution in [0, 0.1) is 0 Å². The van der Waals surface area contributed by atoms with Crippen LogP contribution >= 0.6 is 0 Å². The molecule has 0 aromatic heterocycles. The third kappa shape index (κ3) is 3.19. The van der Waals surface area contributed by atoms with Crippen LogP contribution in [0.4, 0.5) is 0 Å². The number of fused-ring (bicyclic) bond motifs is 1. The van der Waals surface area contributed by atoms with Gasteiger partial charge in [-0.05, 0) is 24.5 Å². The lowest BCUT2D eigenvalue weighted by molar-refractivity contribution is -0.130. The molecule has 1 atom stereocenters. The van der Waals surface area contributed by atoms with Gasteiger partial charge < -0.3 is 10.0 Å². The molecule has 0 spiro atoms. The van der Waals surface area contributed by atoms with Crippen molar-refractivity contribution in [2.75, 3.05) is 33.3 Å². The molecule has 0 radical (unpaired) electrons. The third-order valence-corrected chi connectivity index (χ3v) is 4.21. The van der Waals surface area contributed by atoms with Gasteiger partial charge in [0.05, 0.1) is 12.6 Å². The van der Waals surface area contributed by atoms with E-state index in [2.05, 4.69) is 17.0 Å². The van der Waals surface area contributed by atoms with Crippen LogP contribution in [0.5, 0.6) is 0 Å². The minimum atomic E-state index is 0.0275. The van der Waals surface area contributed by atoms with Crippen molar-refractivity contribution in [3.8, 4) is 0 Å². The Kier molecular flexibility index (Phi) is 5.15. The van der Waals surface area contributed by atoms with Crippen molar-refractivity contribution in [2.45, 2.75) is 25.8 Å². The van der Waals surface area contributed by atoms with Crippen LogP contribution in [-0.2, 0) is 11.2 Å². The first-order chi connectivity index (χ1) is 9.67. The van der Waals surface area contributed by atoms with Crippen molar-refractivity contribution >= 4 is 5.91 Å². The topological polar surface area (TPSA) is 43.8 Å². The van der Waals surface area contributed by atoms with Crippen molar-refractivity contribution in [3.05, 3.63) is 35.4 Å². The molecule has 0 saturated carbocycles. The summed E-state index contributed by atoms with van der Waals surface area (Å²) in [5.41, 5.74) is 2.53. The number of hydrogen-bond donors (Lipinski definition) is 1. The zero-order valence-electron chi connectivity index (χ0n) is 12.4. The maximum Gasteiger partial charge on any atom is 0.223 e. The fourth-order valence-electron chi connectivity index (χ4n) is 2.79. The predicted octanol–water partition coefficient (Wildman–Crippen LogP) is 1.45. The zero-order valence-corrected chi connectivity index (χ0v) is 12.4. The number of aliphatic hydroxyl groups excluding tert-OH is 1. The van der Waals surface area contributed by atoms with Crippen LogP contribution in [0.3, 0.4) is 0 Å². The molecule has 1 amide bonds. The second-order valence-corrected chi connectivity index (χ2v) is 5.34. The van der Waals surface area contributed by atoms with Gasteiger partial charge in [-0.1, -0.05) is 24.3 Å². The summed E-state index contributed by atoms with van der Waals surface area (Å²) in [6, 6.07) is 8.30. The summed E-state index contributed by atoms with van der Waals surface area (Å²) in [4.78, 5) is 15.9. The number of carbonyl (C=O) groups is 1. The first-order valence-corrected chi connectivity index (χ1v) is 7.34. The number of rotatable bonds is 5. The van der Waals surface area contributed by atoms with Gasteiger partial charge in [-0.2, -0.15) is 0 Å². The number of aliphatic hydroxyl groups is 1. The van der Waals surface area contributed by atoms with E-state index in [0.29, 0.717) is 13.0 Å². The number of benzene rings is 1. The van der Waals surface area contributed by atoms with Crippen LogP contribution in [-0.4, -0.2) is 54.1 Å². The lowest BCUT2D eigenvalue weighted by Crippen LogP contribution is -2.40. The van der Waals surface area contributed by atoms with Gasteiger partial charge >= 0.3 is 0 Å². The SMILES string of the molecule is CCN(C)C(=O)CCN1CCc2ccccc2C1CO. The maximum absolute atomic E-state index is 11.9. The van der Waals surface area contributed by atoms with Crippen LogP contribution < -0.4 is 0 Å². The van der Waals surface area contributed by atoms with Gasteiger partial charge in [0.25, 0.3) is 0 Å². The van der Waals surface area contributed by atoms with Gasteiger partial charge in [0.2, 0.25) is 5.91 Å². The summed E-state index contributed by atoms with van der Waals surface area (Å²) in [6.07, 6.45) is 1.51. The predicted molar refractivity (Wildman–Crippen MR) is 79.5 cm³/mol. The third-order valence-electron chi connectivity index (χ3n) is 4.21. The Bertz CT molecular complexity index is 462. The highest BCUT2D eigenvalue weighted by Crippen LogP contribution is 2.29. The summed E-state index contributed by atoms with van der Waals surface area (Å²) in [5, 5.41) is 9.69. The van der Waals surface area contributed by atoms with Crippen molar-refractivity contribution in [3.63, 3.8) is 0 Å². The molecule has 110 valence electrons. The van der Waals surface area contributed by atoms with Crippen LogP contribution in [0.25, 0.3) is 0 Å². The number of hydrogen-bond acceptors (Lipinski definition) is 3. The monoisotopic (exact) mass is 276 g/mol. The zero-order chi connectivity index (χ0) is 14.5. The summed E-state index contributed by atoms with van der Waals surface area (Å²) < 4.78 is 0. The number of amides is 1. The van der Waals surface area contributed by atoms with E-state index in [1.54, 1.807) is 4.90 Å². The minimum absolute atomic E-state index is 0.0275. The Morgan fingerprint density at radius 1 is 1.45 bits per heavy atom. The Hall–Kier alpha value is -1.39. The molecule has 2 rings (SSSR count). The van der Waals surface area contributed by atoms with Crippen molar-refractivity contribution in [2.24, 2.45) is 0 Å². The molecule has 4 heteroatoms. The second-order valence-electron chi connectivity index (χ2n) is 5.34. The Morgan fingerprint density at radius 3 is 2.90 bits per heavy atom. The molecule has 0 bridgehead atoms.